The maximum atomic E-state index is 13.5. The van der Waals surface area contributed by atoms with Crippen LogP contribution in [0.5, 0.6) is 0 Å². The van der Waals surface area contributed by atoms with E-state index in [0.29, 0.717) is 11.1 Å². The number of ether oxygens (including phenoxy) is 1. The number of nitrogens with one attached hydrogen (secondary N) is 1. The van der Waals surface area contributed by atoms with Gasteiger partial charge in [0, 0.05) is 18.0 Å². The van der Waals surface area contributed by atoms with Gasteiger partial charge in [-0.15, -0.1) is 11.0 Å². The first kappa shape index (κ1) is 28.8. The molecule has 0 saturated heterocycles. The second-order valence-corrected chi connectivity index (χ2v) is 14.5. The Balaban J connectivity index is 0.00000361. The Morgan fingerprint density at radius 2 is 1.56 bits per heavy atom. The Morgan fingerprint density at radius 3 is 2.11 bits per heavy atom. The number of fused-ring (bicyclic) bond motifs is 3. The topological polar surface area (TPSA) is 38.3 Å². The van der Waals surface area contributed by atoms with Crippen molar-refractivity contribution < 1.29 is 73.9 Å². The molecule has 0 atom stereocenters. The maximum Gasteiger partial charge on any atom is 1.00 e. The molecule has 4 rings (SSSR count). The number of amides is 1. The van der Waals surface area contributed by atoms with Crippen LogP contribution in [0.4, 0.5) is 17.7 Å². The summed E-state index contributed by atoms with van der Waals surface area (Å²) in [4.78, 5) is 12.4. The van der Waals surface area contributed by atoms with Gasteiger partial charge >= 0.3 is 64.5 Å². The maximum absolute atomic E-state index is 13.5. The summed E-state index contributed by atoms with van der Waals surface area (Å²) in [6.45, 7) is 0.937. The van der Waals surface area contributed by atoms with Crippen LogP contribution in [0.25, 0.3) is 11.1 Å². The molecule has 0 radical (unpaired) electrons. The van der Waals surface area contributed by atoms with Crippen molar-refractivity contribution in [1.82, 2.24) is 5.32 Å². The third kappa shape index (κ3) is 7.15. The van der Waals surface area contributed by atoms with Crippen LogP contribution in [0.3, 0.4) is 0 Å². The van der Waals surface area contributed by atoms with Crippen molar-refractivity contribution in [3.05, 3.63) is 89.0 Å². The molecule has 0 bridgehead atoms. The monoisotopic (exact) mass is 531 g/mol. The van der Waals surface area contributed by atoms with Crippen molar-refractivity contribution in [2.75, 3.05) is 6.61 Å². The van der Waals surface area contributed by atoms with Gasteiger partial charge in [0.25, 0.3) is 0 Å². The predicted octanol–water partition coefficient (Wildman–Crippen LogP) is 3.01. The smallest absolute Gasteiger partial charge is 0.449 e. The average molecular weight is 532 g/mol. The van der Waals surface area contributed by atoms with Crippen molar-refractivity contribution in [3.63, 3.8) is 0 Å². The van der Waals surface area contributed by atoms with Crippen LogP contribution in [-0.2, 0) is 11.3 Å². The fourth-order valence-electron chi connectivity index (χ4n) is 4.16. The molecule has 9 heteroatoms. The largest absolute Gasteiger partial charge is 1.00 e. The second kappa shape index (κ2) is 11.7. The van der Waals surface area contributed by atoms with E-state index in [1.807, 2.05) is 68.2 Å². The number of halogens is 3. The van der Waals surface area contributed by atoms with E-state index in [-0.39, 0.29) is 70.5 Å². The number of benzene rings is 3. The molecule has 3 aromatic rings. The first-order valence-corrected chi connectivity index (χ1v) is 15.0. The fraction of sp³-hybridized carbons (Fsp3) is 0.222. The quantitative estimate of drug-likeness (QED) is 0.406. The van der Waals surface area contributed by atoms with Gasteiger partial charge in [0.1, 0.15) is 14.7 Å². The molecule has 1 aliphatic rings. The van der Waals surface area contributed by atoms with Gasteiger partial charge in [0.2, 0.25) is 0 Å². The van der Waals surface area contributed by atoms with Gasteiger partial charge < -0.3 is 23.0 Å². The zero-order chi connectivity index (χ0) is 25.2. The molecular weight excluding hydrogens is 505 g/mol. The molecule has 36 heavy (non-hydrogen) atoms. The zero-order valence-electron chi connectivity index (χ0n) is 20.9. The van der Waals surface area contributed by atoms with E-state index in [2.05, 4.69) is 16.8 Å². The summed E-state index contributed by atoms with van der Waals surface area (Å²) in [6, 6.07) is 19.7. The van der Waals surface area contributed by atoms with Crippen LogP contribution in [0, 0.1) is 11.5 Å². The number of carbonyl (C=O) groups excluding carboxylic acids is 1. The van der Waals surface area contributed by atoms with Crippen LogP contribution in [0.1, 0.15) is 28.2 Å². The number of hydrogen-bond acceptors (Lipinski definition) is 2. The Morgan fingerprint density at radius 1 is 0.972 bits per heavy atom. The third-order valence-electron chi connectivity index (χ3n) is 5.76. The predicted molar refractivity (Wildman–Crippen MR) is 137 cm³/mol. The summed E-state index contributed by atoms with van der Waals surface area (Å²) in [5, 5.41) is 2.59. The number of alkyl carbamates (subject to hydrolysis) is 1. The molecule has 1 amide bonds. The van der Waals surface area contributed by atoms with Crippen molar-refractivity contribution in [3.8, 4) is 22.6 Å². The molecule has 3 aromatic carbocycles. The molecule has 180 valence electrons. The van der Waals surface area contributed by atoms with Gasteiger partial charge in [0.05, 0.1) is 0 Å². The molecule has 1 aliphatic carbocycles. The summed E-state index contributed by atoms with van der Waals surface area (Å²) >= 11 is 0. The number of carbonyl (C=O) groups is 1. The van der Waals surface area contributed by atoms with E-state index in [4.69, 9.17) is 4.74 Å². The van der Waals surface area contributed by atoms with Gasteiger partial charge in [-0.25, -0.2) is 4.79 Å². The van der Waals surface area contributed by atoms with Crippen LogP contribution >= 0.6 is 0 Å². The van der Waals surface area contributed by atoms with Gasteiger partial charge in [0.15, 0.2) is 0 Å². The molecule has 0 saturated carbocycles. The van der Waals surface area contributed by atoms with Crippen LogP contribution in [0.2, 0.25) is 19.6 Å². The molecule has 0 heterocycles. The Hall–Kier alpha value is -1.80. The fourth-order valence-corrected chi connectivity index (χ4v) is 4.68. The summed E-state index contributed by atoms with van der Waals surface area (Å²) in [7, 11) is -1.76. The molecule has 3 nitrogen and oxygen atoms in total. The van der Waals surface area contributed by atoms with Crippen molar-refractivity contribution in [2.24, 2.45) is 0 Å². The zero-order valence-corrected chi connectivity index (χ0v) is 25.0. The Bertz CT molecular complexity index is 1280. The van der Waals surface area contributed by atoms with E-state index < -0.39 is 26.6 Å². The van der Waals surface area contributed by atoms with E-state index in [1.54, 1.807) is 6.07 Å². The summed E-state index contributed by atoms with van der Waals surface area (Å²) in [6.07, 6.45) is -0.676. The summed E-state index contributed by atoms with van der Waals surface area (Å²) in [5.74, 6) is 2.79. The third-order valence-corrected chi connectivity index (χ3v) is 6.63. The summed E-state index contributed by atoms with van der Waals surface area (Å²) < 4.78 is 45.9. The summed E-state index contributed by atoms with van der Waals surface area (Å²) in [5.41, 5.74) is 7.42. The number of hydrogen-bond donors (Lipinski definition) is 1. The van der Waals surface area contributed by atoms with Crippen molar-refractivity contribution in [1.29, 1.82) is 0 Å². The van der Waals surface area contributed by atoms with Gasteiger partial charge in [-0.1, -0.05) is 86.2 Å². The molecule has 0 unspecified atom stereocenters. The molecular formula is C27H26BF3KNO2Si. The van der Waals surface area contributed by atoms with Crippen LogP contribution in [0.15, 0.2) is 66.7 Å². The first-order valence-electron chi connectivity index (χ1n) is 11.5. The number of rotatable bonds is 5. The minimum Gasteiger partial charge on any atom is -0.449 e. The minimum atomic E-state index is -5.19. The normalized spacial score (nSPS) is 12.5. The minimum absolute atomic E-state index is 0. The van der Waals surface area contributed by atoms with Crippen LogP contribution in [-0.4, -0.2) is 27.8 Å². The van der Waals surface area contributed by atoms with Gasteiger partial charge in [-0.05, 0) is 33.9 Å². The molecule has 1 N–H and O–H groups in total. The van der Waals surface area contributed by atoms with Crippen molar-refractivity contribution in [2.45, 2.75) is 32.1 Å². The van der Waals surface area contributed by atoms with E-state index in [9.17, 15) is 17.7 Å². The van der Waals surface area contributed by atoms with Crippen molar-refractivity contribution >= 4 is 26.6 Å². The standard InChI is InChI=1S/C27H26BF3NO2Si.K/c1-35(2,3)13-12-19-14-20(16-21(15-19)28(29,30)31)17-32-27(33)34-18-26-24-10-6-4-8-22(24)23-9-5-7-11-25(23)26;/h4-11,14-16,26H,17-18H2,1-3H3,(H,32,33);/q-1;+1. The second-order valence-electron chi connectivity index (χ2n) is 9.72. The van der Waals surface area contributed by atoms with Gasteiger partial charge in [-0.2, -0.15) is 0 Å². The molecule has 0 fully saturated rings. The Labute approximate surface area is 253 Å². The van der Waals surface area contributed by atoms with E-state index in [0.717, 1.165) is 34.4 Å². The first-order chi connectivity index (χ1) is 16.5. The molecule has 0 aliphatic heterocycles. The molecule has 0 spiro atoms. The van der Waals surface area contributed by atoms with E-state index >= 15 is 0 Å². The SMILES string of the molecule is C[Si](C)(C)C#Cc1cc(CNC(=O)OCC2c3ccccc3-c3ccccc32)cc([B-](F)(F)F)c1.[K+]. The average Bonchev–Trinajstić information content (AvgIpc) is 3.13. The molecule has 0 aromatic heterocycles. The van der Waals surface area contributed by atoms with Gasteiger partial charge in [-0.3, -0.25) is 0 Å². The van der Waals surface area contributed by atoms with E-state index in [1.165, 1.54) is 0 Å². The Kier molecular flexibility index (Phi) is 9.36. The van der Waals surface area contributed by atoms with Crippen LogP contribution < -0.4 is 62.2 Å².